The monoisotopic (exact) mass is 1290 g/mol. The Hall–Kier alpha value is -6.86. The van der Waals surface area contributed by atoms with E-state index in [1.807, 2.05) is 35.9 Å². The fraction of sp³-hybridized carbons (Fsp3) is 0.430. The third-order valence-electron chi connectivity index (χ3n) is 19.4. The Morgan fingerprint density at radius 1 is 0.511 bits per heavy atom. The Morgan fingerprint density at radius 3 is 1.27 bits per heavy atom. The summed E-state index contributed by atoms with van der Waals surface area (Å²) in [5.74, 6) is -0.829. The van der Waals surface area contributed by atoms with E-state index in [-0.39, 0.29) is 47.0 Å². The zero-order chi connectivity index (χ0) is 66.4. The number of benzene rings is 7. The lowest BCUT2D eigenvalue weighted by molar-refractivity contribution is -0.387. The molecule has 0 amide bonds. The van der Waals surface area contributed by atoms with E-state index < -0.39 is 22.5 Å². The molecule has 5 heterocycles. The Labute approximate surface area is 560 Å². The molecule has 9 aromatic rings. The fourth-order valence-corrected chi connectivity index (χ4v) is 15.2. The minimum atomic E-state index is -0.829. The third-order valence-corrected chi connectivity index (χ3v) is 20.4. The zero-order valence-electron chi connectivity index (χ0n) is 56.2. The summed E-state index contributed by atoms with van der Waals surface area (Å²) in [7, 11) is 0. The lowest BCUT2D eigenvalue weighted by Crippen LogP contribution is -2.50. The number of nitro benzene ring substituents is 1. The lowest BCUT2D eigenvalue weighted by atomic mass is 9.93. The van der Waals surface area contributed by atoms with E-state index in [1.165, 1.54) is 77.5 Å². The predicted octanol–water partition coefficient (Wildman–Crippen LogP) is 14.1. The minimum Gasteiger partial charge on any atom is -0.390 e. The third kappa shape index (κ3) is 19.7. The van der Waals surface area contributed by atoms with E-state index in [0.717, 1.165) is 90.2 Å². The number of rotatable bonds is 25. The smallest absolute Gasteiger partial charge is 0.305 e. The van der Waals surface area contributed by atoms with E-state index in [4.69, 9.17) is 0 Å². The van der Waals surface area contributed by atoms with Crippen LogP contribution in [-0.2, 0) is 38.9 Å². The van der Waals surface area contributed by atoms with Crippen molar-refractivity contribution in [3.8, 4) is 0 Å². The number of hydrogen-bond acceptors (Lipinski definition) is 13. The molecule has 12 rings (SSSR count). The first kappa shape index (κ1) is 70.0. The van der Waals surface area contributed by atoms with Gasteiger partial charge in [-0.2, -0.15) is 4.39 Å². The molecule has 498 valence electrons. The van der Waals surface area contributed by atoms with Crippen molar-refractivity contribution in [2.24, 2.45) is 0 Å². The van der Waals surface area contributed by atoms with Gasteiger partial charge in [0.25, 0.3) is 0 Å². The first-order valence-electron chi connectivity index (χ1n) is 33.9. The highest BCUT2D eigenvalue weighted by atomic mass is 32.1. The van der Waals surface area contributed by atoms with Crippen molar-refractivity contribution in [3.05, 3.63) is 236 Å². The highest BCUT2D eigenvalue weighted by molar-refractivity contribution is 7.10. The predicted molar refractivity (Wildman–Crippen MR) is 384 cm³/mol. The number of aromatic nitrogens is 1. The van der Waals surface area contributed by atoms with Gasteiger partial charge >= 0.3 is 5.69 Å². The van der Waals surface area contributed by atoms with Gasteiger partial charge in [-0.1, -0.05) is 133 Å². The molecule has 3 saturated heterocycles. The maximum atomic E-state index is 13.7. The van der Waals surface area contributed by atoms with Crippen LogP contribution >= 0.6 is 11.3 Å². The van der Waals surface area contributed by atoms with Gasteiger partial charge in [0.2, 0.25) is 5.82 Å². The molecular formula is C79H99FN8O5S. The molecule has 0 spiro atoms. The summed E-state index contributed by atoms with van der Waals surface area (Å²) < 4.78 is 13.7. The van der Waals surface area contributed by atoms with E-state index in [2.05, 4.69) is 223 Å². The average Bonchev–Trinajstić information content (AvgIpc) is 1.13. The van der Waals surface area contributed by atoms with Gasteiger partial charge in [0, 0.05) is 97.3 Å². The van der Waals surface area contributed by atoms with Crippen LogP contribution in [-0.4, -0.2) is 132 Å². The van der Waals surface area contributed by atoms with Gasteiger partial charge < -0.3 is 31.3 Å². The van der Waals surface area contributed by atoms with Crippen molar-refractivity contribution >= 4 is 49.3 Å². The van der Waals surface area contributed by atoms with Gasteiger partial charge in [0.15, 0.2) is 0 Å². The molecule has 3 aliphatic heterocycles. The molecule has 15 heteroatoms. The summed E-state index contributed by atoms with van der Waals surface area (Å²) >= 11 is 1.83. The Bertz CT molecular complexity index is 3900. The Morgan fingerprint density at radius 2 is 0.883 bits per heavy atom. The SMILES string of the molecule is CC(C)(Cc1ccc2ccccc2c1)NC[C@@H](O)[C@H]1CCCN1Cc1ccc(F)c([N+](=O)[O-])c1.CC(C)(Cc1ccc2ccccc2c1)NC[C@@H](O)[C@H]1CCCN1Cc1ccncc1.Cc1ccsc1CN1CCC[C@@H]1[C@H](O)CNC(C)(C)Cc1ccc2ccccc2c1. The Balaban J connectivity index is 0.000000154. The number of nitrogens with zero attached hydrogens (tertiary/aromatic N) is 5. The van der Waals surface area contributed by atoms with Crippen molar-refractivity contribution in [1.82, 2.24) is 35.6 Å². The number of hydrogen-bond donors (Lipinski definition) is 6. The number of nitro groups is 1. The van der Waals surface area contributed by atoms with Crippen LogP contribution in [0, 0.1) is 22.9 Å². The molecule has 94 heavy (non-hydrogen) atoms. The lowest BCUT2D eigenvalue weighted by Gasteiger charge is -2.33. The first-order valence-corrected chi connectivity index (χ1v) is 34.8. The standard InChI is InChI=1S/C27H32FN3O3.C26H33N3O.C26H34N2OS/c1-27(2,16-19-9-11-21-6-3-4-7-22(21)14-19)29-17-26(32)24-8-5-13-30(24)18-20-10-12-23(28)25(15-20)31(33)34;1-26(2,17-21-9-10-22-6-3-4-7-23(22)16-21)28-18-25(30)24-8-5-15-29(24)19-20-11-13-27-14-12-20;1-19-12-14-30-25(19)18-28-13-6-9-23(28)24(29)17-27-26(2,3)16-20-10-11-21-7-4-5-8-22(21)15-20/h3-4,6-7,9-12,14-15,24,26,29,32H,5,8,13,16-18H2,1-2H3;3-4,6-7,9-14,16,24-25,28,30H,5,8,15,17-19H2,1-2H3;4-5,7-8,10-12,14-15,23-24,27,29H,6,9,13,16-18H2,1-3H3/t24-,26-;24-,25-;23-,24-/m111/s1. The van der Waals surface area contributed by atoms with Crippen LogP contribution in [0.25, 0.3) is 32.3 Å². The summed E-state index contributed by atoms with van der Waals surface area (Å²) in [5.41, 5.74) is 6.33. The van der Waals surface area contributed by atoms with Gasteiger partial charge in [-0.25, -0.2) is 0 Å². The molecule has 0 bridgehead atoms. The van der Waals surface area contributed by atoms with Crippen molar-refractivity contribution < 1.29 is 24.6 Å². The summed E-state index contributed by atoms with van der Waals surface area (Å²) in [6.45, 7) is 22.3. The summed E-state index contributed by atoms with van der Waals surface area (Å²) in [4.78, 5) is 22.9. The number of thiophene rings is 1. The van der Waals surface area contributed by atoms with Crippen molar-refractivity contribution in [2.45, 2.75) is 179 Å². The van der Waals surface area contributed by atoms with Gasteiger partial charge in [0.05, 0.1) is 23.2 Å². The molecule has 6 atom stereocenters. The highest BCUT2D eigenvalue weighted by Gasteiger charge is 2.35. The number of likely N-dealkylation sites (tertiary alicyclic amines) is 3. The number of aliphatic hydroxyl groups is 3. The van der Waals surface area contributed by atoms with Crippen LogP contribution in [0.1, 0.15) is 118 Å². The van der Waals surface area contributed by atoms with Crippen molar-refractivity contribution in [1.29, 1.82) is 0 Å². The molecule has 0 aliphatic carbocycles. The second-order valence-corrected chi connectivity index (χ2v) is 29.5. The summed E-state index contributed by atoms with van der Waals surface area (Å²) in [6.07, 6.45) is 11.4. The number of β-amino-alcohol motifs (C(OH)–C–C–N with tert-alkyl or cyclic N) is 3. The van der Waals surface area contributed by atoms with E-state index in [1.54, 1.807) is 6.07 Å². The molecule has 3 fully saturated rings. The quantitative estimate of drug-likeness (QED) is 0.0238. The number of halogens is 1. The molecule has 0 saturated carbocycles. The first-order chi connectivity index (χ1) is 45.1. The second kappa shape index (κ2) is 32.3. The van der Waals surface area contributed by atoms with Crippen LogP contribution < -0.4 is 16.0 Å². The largest absolute Gasteiger partial charge is 0.390 e. The minimum absolute atomic E-state index is 0.0481. The van der Waals surface area contributed by atoms with E-state index >= 15 is 0 Å². The molecule has 0 unspecified atom stereocenters. The van der Waals surface area contributed by atoms with Crippen LogP contribution in [0.15, 0.2) is 182 Å². The average molecular weight is 1290 g/mol. The highest BCUT2D eigenvalue weighted by Crippen LogP contribution is 2.30. The van der Waals surface area contributed by atoms with Crippen LogP contribution in [0.5, 0.6) is 0 Å². The maximum absolute atomic E-state index is 13.7. The van der Waals surface area contributed by atoms with Gasteiger partial charge in [0.1, 0.15) is 0 Å². The molecule has 2 aromatic heterocycles. The maximum Gasteiger partial charge on any atom is 0.305 e. The molecular weight excluding hydrogens is 1190 g/mol. The van der Waals surface area contributed by atoms with E-state index in [9.17, 15) is 29.8 Å². The van der Waals surface area contributed by atoms with Crippen molar-refractivity contribution in [2.75, 3.05) is 39.3 Å². The number of nitrogens with one attached hydrogen (secondary N) is 3. The zero-order valence-corrected chi connectivity index (χ0v) is 57.0. The molecule has 0 radical (unpaired) electrons. The number of fused-ring (bicyclic) bond motifs is 3. The molecule has 13 nitrogen and oxygen atoms in total. The van der Waals surface area contributed by atoms with Gasteiger partial charge in [-0.15, -0.1) is 11.3 Å². The van der Waals surface area contributed by atoms with Gasteiger partial charge in [-0.3, -0.25) is 29.8 Å². The number of pyridine rings is 1. The molecule has 7 aromatic carbocycles. The second-order valence-electron chi connectivity index (χ2n) is 28.5. The summed E-state index contributed by atoms with van der Waals surface area (Å²) in [5, 5.41) is 64.5. The molecule has 3 aliphatic rings. The van der Waals surface area contributed by atoms with E-state index in [0.29, 0.717) is 31.7 Å². The Kier molecular flexibility index (Phi) is 24.0. The molecule has 6 N–H and O–H groups in total. The van der Waals surface area contributed by atoms with Crippen molar-refractivity contribution in [3.63, 3.8) is 0 Å². The number of aliphatic hydroxyl groups excluding tert-OH is 3. The van der Waals surface area contributed by atoms with Crippen LogP contribution in [0.4, 0.5) is 10.1 Å². The van der Waals surface area contributed by atoms with Gasteiger partial charge in [-0.05, 0) is 221 Å². The van der Waals surface area contributed by atoms with Crippen LogP contribution in [0.3, 0.4) is 0 Å². The normalized spacial score (nSPS) is 18.4. The fourth-order valence-electron chi connectivity index (χ4n) is 14.3. The topological polar surface area (TPSA) is 163 Å². The number of aryl methyl sites for hydroxylation is 1. The van der Waals surface area contributed by atoms with Crippen LogP contribution in [0.2, 0.25) is 0 Å². The summed E-state index contributed by atoms with van der Waals surface area (Å²) in [6, 6.07) is 56.0.